The van der Waals surface area contributed by atoms with Crippen LogP contribution in [0.3, 0.4) is 0 Å². The Hall–Kier alpha value is -2.38. The summed E-state index contributed by atoms with van der Waals surface area (Å²) in [4.78, 5) is 12.3. The standard InChI is InChI=1S/C22H29N3O3S/c1-29(27,28)25-16-13-20(14-17-25)24-22(26)23-15-12-21(18-8-4-2-5-9-18)19-10-6-3-7-11-19/h2-11,20-21H,12-17H2,1H3,(H2,23,24,26). The van der Waals surface area contributed by atoms with Gasteiger partial charge in [0.25, 0.3) is 0 Å². The van der Waals surface area contributed by atoms with Gasteiger partial charge in [-0.2, -0.15) is 0 Å². The molecule has 0 spiro atoms. The summed E-state index contributed by atoms with van der Waals surface area (Å²) in [6.07, 6.45) is 3.30. The van der Waals surface area contributed by atoms with Crippen LogP contribution in [-0.4, -0.2) is 50.7 Å². The van der Waals surface area contributed by atoms with Crippen LogP contribution >= 0.6 is 0 Å². The van der Waals surface area contributed by atoms with E-state index in [1.54, 1.807) is 0 Å². The van der Waals surface area contributed by atoms with E-state index >= 15 is 0 Å². The molecule has 156 valence electrons. The van der Waals surface area contributed by atoms with E-state index in [9.17, 15) is 13.2 Å². The van der Waals surface area contributed by atoms with Gasteiger partial charge in [-0.1, -0.05) is 60.7 Å². The second-order valence-corrected chi connectivity index (χ2v) is 9.48. The number of carbonyl (C=O) groups is 1. The van der Waals surface area contributed by atoms with Gasteiger partial charge in [0.1, 0.15) is 0 Å². The molecular formula is C22H29N3O3S. The first-order valence-electron chi connectivity index (χ1n) is 10.0. The Morgan fingerprint density at radius 2 is 1.52 bits per heavy atom. The van der Waals surface area contributed by atoms with Crippen molar-refractivity contribution in [2.24, 2.45) is 0 Å². The third-order valence-electron chi connectivity index (χ3n) is 5.38. The summed E-state index contributed by atoms with van der Waals surface area (Å²) < 4.78 is 24.6. The van der Waals surface area contributed by atoms with Crippen molar-refractivity contribution in [3.8, 4) is 0 Å². The van der Waals surface area contributed by atoms with Crippen LogP contribution in [0.1, 0.15) is 36.3 Å². The highest BCUT2D eigenvalue weighted by atomic mass is 32.2. The molecule has 0 saturated carbocycles. The summed E-state index contributed by atoms with van der Waals surface area (Å²) in [6.45, 7) is 1.46. The fourth-order valence-electron chi connectivity index (χ4n) is 3.79. The summed E-state index contributed by atoms with van der Waals surface area (Å²) >= 11 is 0. The first-order valence-corrected chi connectivity index (χ1v) is 11.9. The number of carbonyl (C=O) groups excluding carboxylic acids is 1. The quantitative estimate of drug-likeness (QED) is 0.730. The fraction of sp³-hybridized carbons (Fsp3) is 0.409. The molecule has 0 unspecified atom stereocenters. The first kappa shape index (κ1) is 21.3. The molecule has 1 heterocycles. The molecule has 3 rings (SSSR count). The summed E-state index contributed by atoms with van der Waals surface area (Å²) in [5.74, 6) is 0.218. The highest BCUT2D eigenvalue weighted by Gasteiger charge is 2.25. The van der Waals surface area contributed by atoms with E-state index in [1.807, 2.05) is 36.4 Å². The van der Waals surface area contributed by atoms with Crippen molar-refractivity contribution in [1.82, 2.24) is 14.9 Å². The zero-order chi connectivity index (χ0) is 20.7. The molecule has 2 aromatic rings. The van der Waals surface area contributed by atoms with Gasteiger partial charge >= 0.3 is 6.03 Å². The number of nitrogens with zero attached hydrogens (tertiary/aromatic N) is 1. The lowest BCUT2D eigenvalue weighted by molar-refractivity contribution is 0.227. The van der Waals surface area contributed by atoms with Crippen LogP contribution in [0.2, 0.25) is 0 Å². The summed E-state index contributed by atoms with van der Waals surface area (Å²) in [6, 6.07) is 20.4. The highest BCUT2D eigenvalue weighted by molar-refractivity contribution is 7.88. The Morgan fingerprint density at radius 3 is 2.00 bits per heavy atom. The maximum absolute atomic E-state index is 12.3. The van der Waals surface area contributed by atoms with E-state index in [1.165, 1.54) is 21.7 Å². The molecule has 6 nitrogen and oxygen atoms in total. The molecule has 0 aliphatic carbocycles. The van der Waals surface area contributed by atoms with Crippen molar-refractivity contribution in [2.45, 2.75) is 31.2 Å². The zero-order valence-corrected chi connectivity index (χ0v) is 17.6. The van der Waals surface area contributed by atoms with Gasteiger partial charge in [-0.05, 0) is 30.4 Å². The lowest BCUT2D eigenvalue weighted by Gasteiger charge is -2.30. The Labute approximate surface area is 173 Å². The summed E-state index contributed by atoms with van der Waals surface area (Å²) in [5.41, 5.74) is 2.46. The van der Waals surface area contributed by atoms with Crippen molar-refractivity contribution in [3.05, 3.63) is 71.8 Å². The van der Waals surface area contributed by atoms with Crippen LogP contribution in [0.5, 0.6) is 0 Å². The van der Waals surface area contributed by atoms with E-state index in [0.717, 1.165) is 6.42 Å². The average molecular weight is 416 g/mol. The lowest BCUT2D eigenvalue weighted by atomic mass is 9.88. The fourth-order valence-corrected chi connectivity index (χ4v) is 4.67. The minimum atomic E-state index is -3.15. The van der Waals surface area contributed by atoms with E-state index in [2.05, 4.69) is 34.9 Å². The molecule has 1 aliphatic rings. The van der Waals surface area contributed by atoms with E-state index in [-0.39, 0.29) is 18.0 Å². The molecule has 0 atom stereocenters. The van der Waals surface area contributed by atoms with Gasteiger partial charge in [0.15, 0.2) is 0 Å². The zero-order valence-electron chi connectivity index (χ0n) is 16.8. The van der Waals surface area contributed by atoms with Gasteiger partial charge in [0, 0.05) is 31.6 Å². The number of piperidine rings is 1. The van der Waals surface area contributed by atoms with Gasteiger partial charge in [0.2, 0.25) is 10.0 Å². The van der Waals surface area contributed by atoms with E-state index in [0.29, 0.717) is 32.5 Å². The van der Waals surface area contributed by atoms with Crippen molar-refractivity contribution >= 4 is 16.1 Å². The number of rotatable bonds is 7. The van der Waals surface area contributed by atoms with E-state index < -0.39 is 10.0 Å². The van der Waals surface area contributed by atoms with Crippen molar-refractivity contribution < 1.29 is 13.2 Å². The predicted octanol–water partition coefficient (Wildman–Crippen LogP) is 2.93. The van der Waals surface area contributed by atoms with Crippen LogP contribution in [0.25, 0.3) is 0 Å². The SMILES string of the molecule is CS(=O)(=O)N1CCC(NC(=O)NCCC(c2ccccc2)c2ccccc2)CC1. The van der Waals surface area contributed by atoms with Crippen LogP contribution in [0.4, 0.5) is 4.79 Å². The molecule has 1 fully saturated rings. The summed E-state index contributed by atoms with van der Waals surface area (Å²) in [7, 11) is -3.15. The molecule has 2 N–H and O–H groups in total. The van der Waals surface area contributed by atoms with Crippen molar-refractivity contribution in [1.29, 1.82) is 0 Å². The third-order valence-corrected chi connectivity index (χ3v) is 6.68. The van der Waals surface area contributed by atoms with Gasteiger partial charge < -0.3 is 10.6 Å². The average Bonchev–Trinajstić information content (AvgIpc) is 2.72. The molecule has 1 aliphatic heterocycles. The Balaban J connectivity index is 1.49. The molecule has 2 amide bonds. The Morgan fingerprint density at radius 1 is 1.00 bits per heavy atom. The minimum absolute atomic E-state index is 0.00652. The smallest absolute Gasteiger partial charge is 0.315 e. The maximum Gasteiger partial charge on any atom is 0.315 e. The molecular weight excluding hydrogens is 386 g/mol. The molecule has 2 aromatic carbocycles. The molecule has 0 bridgehead atoms. The highest BCUT2D eigenvalue weighted by Crippen LogP contribution is 2.27. The molecule has 0 aromatic heterocycles. The van der Waals surface area contributed by atoms with E-state index in [4.69, 9.17) is 0 Å². The predicted molar refractivity (Wildman–Crippen MR) is 115 cm³/mol. The third kappa shape index (κ3) is 6.30. The molecule has 29 heavy (non-hydrogen) atoms. The minimum Gasteiger partial charge on any atom is -0.338 e. The Kier molecular flexibility index (Phi) is 7.28. The second kappa shape index (κ2) is 9.89. The number of sulfonamides is 1. The summed E-state index contributed by atoms with van der Waals surface area (Å²) in [5, 5.41) is 5.93. The number of amides is 2. The topological polar surface area (TPSA) is 78.5 Å². The normalized spacial score (nSPS) is 15.9. The van der Waals surface area contributed by atoms with Crippen LogP contribution in [0, 0.1) is 0 Å². The van der Waals surface area contributed by atoms with Crippen LogP contribution < -0.4 is 10.6 Å². The van der Waals surface area contributed by atoms with Gasteiger partial charge in [-0.15, -0.1) is 0 Å². The van der Waals surface area contributed by atoms with Crippen LogP contribution in [-0.2, 0) is 10.0 Å². The van der Waals surface area contributed by atoms with Gasteiger partial charge in [-0.25, -0.2) is 17.5 Å². The second-order valence-electron chi connectivity index (χ2n) is 7.50. The number of hydrogen-bond donors (Lipinski definition) is 2. The molecule has 1 saturated heterocycles. The lowest BCUT2D eigenvalue weighted by Crippen LogP contribution is -2.49. The molecule has 7 heteroatoms. The first-order chi connectivity index (χ1) is 13.9. The number of urea groups is 1. The van der Waals surface area contributed by atoms with Crippen LogP contribution in [0.15, 0.2) is 60.7 Å². The largest absolute Gasteiger partial charge is 0.338 e. The number of benzene rings is 2. The van der Waals surface area contributed by atoms with Crippen molar-refractivity contribution in [3.63, 3.8) is 0 Å². The van der Waals surface area contributed by atoms with Gasteiger partial charge in [0.05, 0.1) is 6.26 Å². The number of hydrogen-bond acceptors (Lipinski definition) is 3. The van der Waals surface area contributed by atoms with Gasteiger partial charge in [-0.3, -0.25) is 0 Å². The van der Waals surface area contributed by atoms with Crippen molar-refractivity contribution in [2.75, 3.05) is 25.9 Å². The monoisotopic (exact) mass is 415 g/mol. The molecule has 0 radical (unpaired) electrons. The Bertz CT molecular complexity index is 841. The number of nitrogens with one attached hydrogen (secondary N) is 2. The maximum atomic E-state index is 12.3.